The van der Waals surface area contributed by atoms with Crippen molar-refractivity contribution in [2.45, 2.75) is 25.7 Å². The molecule has 1 saturated carbocycles. The average Bonchev–Trinajstić information content (AvgIpc) is 2.51. The first kappa shape index (κ1) is 9.03. The van der Waals surface area contributed by atoms with Crippen LogP contribution in [0.15, 0.2) is 5.16 Å². The van der Waals surface area contributed by atoms with Gasteiger partial charge in [0, 0.05) is 5.92 Å². The number of esters is 1. The highest BCUT2D eigenvalue weighted by atomic mass is 16.5. The molecule has 1 aliphatic rings. The van der Waals surface area contributed by atoms with Crippen LogP contribution in [0.1, 0.15) is 25.7 Å². The van der Waals surface area contributed by atoms with Crippen LogP contribution in [-0.2, 0) is 9.53 Å². The topological polar surface area (TPSA) is 58.9 Å². The minimum Gasteiger partial charge on any atom is -0.469 e. The van der Waals surface area contributed by atoms with Crippen molar-refractivity contribution in [2.75, 3.05) is 7.11 Å². The summed E-state index contributed by atoms with van der Waals surface area (Å²) in [5.41, 5.74) is 0.736. The molecule has 1 unspecified atom stereocenters. The van der Waals surface area contributed by atoms with Crippen LogP contribution < -0.4 is 0 Å². The maximum Gasteiger partial charge on any atom is 0.306 e. The number of rotatable bonds is 2. The Hall–Kier alpha value is -1.06. The van der Waals surface area contributed by atoms with E-state index in [1.807, 2.05) is 0 Å². The van der Waals surface area contributed by atoms with Gasteiger partial charge in [-0.05, 0) is 19.3 Å². The normalized spacial score (nSPS) is 26.1. The molecule has 4 nitrogen and oxygen atoms in total. The minimum absolute atomic E-state index is 0.0995. The molecule has 1 aliphatic carbocycles. The number of methoxy groups -OCH3 is 1. The Bertz CT molecular complexity index is 200. The van der Waals surface area contributed by atoms with E-state index >= 15 is 0 Å². The molecule has 4 heteroatoms. The third-order valence-corrected chi connectivity index (χ3v) is 2.23. The Morgan fingerprint density at radius 1 is 1.83 bits per heavy atom. The molecule has 1 rings (SSSR count). The van der Waals surface area contributed by atoms with E-state index < -0.39 is 0 Å². The molecule has 1 fully saturated rings. The first-order valence-corrected chi connectivity index (χ1v) is 4.05. The standard InChI is InChI=1S/C8H13NO3/c1-12-8(10)5-6-3-2-4-7(6)9-11/h6,11H,2-5H2,1H3. The fourth-order valence-electron chi connectivity index (χ4n) is 1.54. The second-order valence-electron chi connectivity index (χ2n) is 2.96. The van der Waals surface area contributed by atoms with Gasteiger partial charge in [0.2, 0.25) is 0 Å². The molecule has 12 heavy (non-hydrogen) atoms. The summed E-state index contributed by atoms with van der Waals surface area (Å²) in [7, 11) is 1.37. The average molecular weight is 171 g/mol. The Balaban J connectivity index is 2.46. The lowest BCUT2D eigenvalue weighted by atomic mass is 10.0. The van der Waals surface area contributed by atoms with Crippen molar-refractivity contribution >= 4 is 11.7 Å². The Morgan fingerprint density at radius 3 is 3.17 bits per heavy atom. The largest absolute Gasteiger partial charge is 0.469 e. The van der Waals surface area contributed by atoms with E-state index in [0.717, 1.165) is 25.0 Å². The van der Waals surface area contributed by atoms with E-state index in [9.17, 15) is 4.79 Å². The quantitative estimate of drug-likeness (QED) is 0.385. The van der Waals surface area contributed by atoms with Crippen LogP contribution in [0, 0.1) is 5.92 Å². The summed E-state index contributed by atoms with van der Waals surface area (Å²) >= 11 is 0. The molecule has 0 spiro atoms. The first-order valence-electron chi connectivity index (χ1n) is 4.05. The van der Waals surface area contributed by atoms with E-state index in [0.29, 0.717) is 6.42 Å². The fraction of sp³-hybridized carbons (Fsp3) is 0.750. The summed E-state index contributed by atoms with van der Waals surface area (Å²) in [4.78, 5) is 10.9. The number of carbonyl (C=O) groups is 1. The number of ether oxygens (including phenoxy) is 1. The zero-order valence-electron chi connectivity index (χ0n) is 7.12. The van der Waals surface area contributed by atoms with Gasteiger partial charge in [0.1, 0.15) is 0 Å². The first-order chi connectivity index (χ1) is 5.77. The molecule has 0 aliphatic heterocycles. The molecule has 0 bridgehead atoms. The van der Waals surface area contributed by atoms with Gasteiger partial charge in [-0.2, -0.15) is 0 Å². The van der Waals surface area contributed by atoms with Crippen LogP contribution in [-0.4, -0.2) is 24.0 Å². The number of carbonyl (C=O) groups excluding carboxylic acids is 1. The third kappa shape index (κ3) is 1.96. The van der Waals surface area contributed by atoms with Gasteiger partial charge in [0.15, 0.2) is 0 Å². The molecule has 1 N–H and O–H groups in total. The van der Waals surface area contributed by atoms with Crippen LogP contribution in [0.3, 0.4) is 0 Å². The summed E-state index contributed by atoms with van der Waals surface area (Å²) in [6, 6.07) is 0. The van der Waals surface area contributed by atoms with Gasteiger partial charge in [0.05, 0.1) is 19.2 Å². The molecule has 0 radical (unpaired) electrons. The predicted octanol–water partition coefficient (Wildman–Crippen LogP) is 1.18. The number of oxime groups is 1. The van der Waals surface area contributed by atoms with Crippen LogP contribution >= 0.6 is 0 Å². The molecule has 0 aromatic rings. The van der Waals surface area contributed by atoms with E-state index in [-0.39, 0.29) is 11.9 Å². The van der Waals surface area contributed by atoms with E-state index in [4.69, 9.17) is 5.21 Å². The summed E-state index contributed by atoms with van der Waals surface area (Å²) in [6.07, 6.45) is 3.07. The highest BCUT2D eigenvalue weighted by Gasteiger charge is 2.25. The third-order valence-electron chi connectivity index (χ3n) is 2.23. The summed E-state index contributed by atoms with van der Waals surface area (Å²) in [6.45, 7) is 0. The van der Waals surface area contributed by atoms with E-state index in [2.05, 4.69) is 9.89 Å². The predicted molar refractivity (Wildman–Crippen MR) is 43.2 cm³/mol. The van der Waals surface area contributed by atoms with Crippen LogP contribution in [0.5, 0.6) is 0 Å². The monoisotopic (exact) mass is 171 g/mol. The summed E-state index contributed by atoms with van der Waals surface area (Å²) in [5.74, 6) is -0.134. The summed E-state index contributed by atoms with van der Waals surface area (Å²) in [5, 5.41) is 11.7. The van der Waals surface area contributed by atoms with Crippen LogP contribution in [0.2, 0.25) is 0 Å². The fourth-order valence-corrected chi connectivity index (χ4v) is 1.54. The lowest BCUT2D eigenvalue weighted by molar-refractivity contribution is -0.141. The van der Waals surface area contributed by atoms with Crippen LogP contribution in [0.4, 0.5) is 0 Å². The van der Waals surface area contributed by atoms with Crippen molar-refractivity contribution in [3.05, 3.63) is 0 Å². The molecular weight excluding hydrogens is 158 g/mol. The number of nitrogens with zero attached hydrogens (tertiary/aromatic N) is 1. The second kappa shape index (κ2) is 4.09. The Kier molecular flexibility index (Phi) is 3.08. The maximum absolute atomic E-state index is 10.9. The van der Waals surface area contributed by atoms with Crippen molar-refractivity contribution < 1.29 is 14.7 Å². The van der Waals surface area contributed by atoms with Crippen molar-refractivity contribution in [1.29, 1.82) is 0 Å². The van der Waals surface area contributed by atoms with Gasteiger partial charge in [-0.25, -0.2) is 0 Å². The van der Waals surface area contributed by atoms with E-state index in [1.165, 1.54) is 7.11 Å². The maximum atomic E-state index is 10.9. The zero-order valence-corrected chi connectivity index (χ0v) is 7.12. The van der Waals surface area contributed by atoms with E-state index in [1.54, 1.807) is 0 Å². The molecule has 0 saturated heterocycles. The molecule has 1 atom stereocenters. The summed E-state index contributed by atoms with van der Waals surface area (Å²) < 4.78 is 4.53. The van der Waals surface area contributed by atoms with Gasteiger partial charge in [-0.3, -0.25) is 4.79 Å². The van der Waals surface area contributed by atoms with Gasteiger partial charge in [-0.1, -0.05) is 5.16 Å². The minimum atomic E-state index is -0.233. The zero-order chi connectivity index (χ0) is 8.97. The van der Waals surface area contributed by atoms with Crippen molar-refractivity contribution in [3.8, 4) is 0 Å². The molecular formula is C8H13NO3. The smallest absolute Gasteiger partial charge is 0.306 e. The second-order valence-corrected chi connectivity index (χ2v) is 2.96. The van der Waals surface area contributed by atoms with Gasteiger partial charge < -0.3 is 9.94 Å². The lowest BCUT2D eigenvalue weighted by Crippen LogP contribution is -2.13. The van der Waals surface area contributed by atoms with Crippen molar-refractivity contribution in [1.82, 2.24) is 0 Å². The number of hydrogen-bond donors (Lipinski definition) is 1. The molecule has 0 amide bonds. The van der Waals surface area contributed by atoms with Crippen molar-refractivity contribution in [3.63, 3.8) is 0 Å². The SMILES string of the molecule is COC(=O)CC1CCCC1=NO. The highest BCUT2D eigenvalue weighted by molar-refractivity contribution is 5.90. The molecule has 0 heterocycles. The molecule has 68 valence electrons. The van der Waals surface area contributed by atoms with Gasteiger partial charge in [-0.15, -0.1) is 0 Å². The van der Waals surface area contributed by atoms with Crippen molar-refractivity contribution in [2.24, 2.45) is 11.1 Å². The lowest BCUT2D eigenvalue weighted by Gasteiger charge is -2.06. The molecule has 0 aromatic carbocycles. The number of hydrogen-bond acceptors (Lipinski definition) is 4. The van der Waals surface area contributed by atoms with Crippen LogP contribution in [0.25, 0.3) is 0 Å². The Labute approximate surface area is 71.2 Å². The molecule has 0 aromatic heterocycles. The van der Waals surface area contributed by atoms with Gasteiger partial charge >= 0.3 is 5.97 Å². The highest BCUT2D eigenvalue weighted by Crippen LogP contribution is 2.25. The Morgan fingerprint density at radius 2 is 2.58 bits per heavy atom. The van der Waals surface area contributed by atoms with Gasteiger partial charge in [0.25, 0.3) is 0 Å².